The van der Waals surface area contributed by atoms with Crippen molar-refractivity contribution in [3.8, 4) is 0 Å². The van der Waals surface area contributed by atoms with E-state index in [0.717, 1.165) is 0 Å². The van der Waals surface area contributed by atoms with Gasteiger partial charge in [-0.15, -0.1) is 23.1 Å². The minimum atomic E-state index is 1.18. The molecule has 0 spiro atoms. The Kier molecular flexibility index (Phi) is 2.81. The van der Waals surface area contributed by atoms with Gasteiger partial charge >= 0.3 is 0 Å². The van der Waals surface area contributed by atoms with Crippen LogP contribution in [0.15, 0.2) is 9.59 Å². The summed E-state index contributed by atoms with van der Waals surface area (Å²) in [5, 5.41) is 2.23. The molecule has 2 heteroatoms. The van der Waals surface area contributed by atoms with Crippen LogP contribution in [0.1, 0.15) is 18.1 Å². The SMILES string of the molecule is CCSc1scc(C)c1C. The highest BCUT2D eigenvalue weighted by molar-refractivity contribution is 8.01. The lowest BCUT2D eigenvalue weighted by atomic mass is 10.2. The van der Waals surface area contributed by atoms with Gasteiger partial charge in [0, 0.05) is 0 Å². The molecule has 0 amide bonds. The first-order valence-corrected chi connectivity index (χ1v) is 5.29. The van der Waals surface area contributed by atoms with E-state index in [1.165, 1.54) is 21.1 Å². The molecule has 0 aromatic carbocycles. The van der Waals surface area contributed by atoms with Gasteiger partial charge in [0.05, 0.1) is 4.21 Å². The standard InChI is InChI=1S/C8H12S2/c1-4-9-8-7(3)6(2)5-10-8/h5H,4H2,1-3H3. The first-order chi connectivity index (χ1) is 4.75. The van der Waals surface area contributed by atoms with Crippen molar-refractivity contribution in [2.24, 2.45) is 0 Å². The molecule has 0 nitrogen and oxygen atoms in total. The smallest absolute Gasteiger partial charge is 0.0630 e. The van der Waals surface area contributed by atoms with Crippen LogP contribution in [0.2, 0.25) is 0 Å². The van der Waals surface area contributed by atoms with E-state index >= 15 is 0 Å². The summed E-state index contributed by atoms with van der Waals surface area (Å²) in [6, 6.07) is 0. The molecule has 1 aromatic rings. The summed E-state index contributed by atoms with van der Waals surface area (Å²) in [4.78, 5) is 0. The van der Waals surface area contributed by atoms with Crippen LogP contribution in [0.4, 0.5) is 0 Å². The van der Waals surface area contributed by atoms with Crippen molar-refractivity contribution in [1.82, 2.24) is 0 Å². The molecule has 0 fully saturated rings. The number of thioether (sulfide) groups is 1. The lowest BCUT2D eigenvalue weighted by Gasteiger charge is -1.94. The Morgan fingerprint density at radius 1 is 1.50 bits per heavy atom. The van der Waals surface area contributed by atoms with E-state index in [9.17, 15) is 0 Å². The fraction of sp³-hybridized carbons (Fsp3) is 0.500. The predicted octanol–water partition coefficient (Wildman–Crippen LogP) is 3.48. The molecule has 0 radical (unpaired) electrons. The lowest BCUT2D eigenvalue weighted by Crippen LogP contribution is -1.73. The van der Waals surface area contributed by atoms with Crippen molar-refractivity contribution >= 4 is 23.1 Å². The Labute approximate surface area is 70.7 Å². The highest BCUT2D eigenvalue weighted by Crippen LogP contribution is 2.30. The minimum absolute atomic E-state index is 1.18. The van der Waals surface area contributed by atoms with Crippen LogP contribution in [0, 0.1) is 13.8 Å². The second-order valence-corrected chi connectivity index (χ2v) is 4.68. The van der Waals surface area contributed by atoms with Crippen molar-refractivity contribution in [1.29, 1.82) is 0 Å². The fourth-order valence-electron chi connectivity index (χ4n) is 0.753. The third kappa shape index (κ3) is 1.55. The fourth-order valence-corrected chi connectivity index (χ4v) is 2.96. The van der Waals surface area contributed by atoms with Gasteiger partial charge in [-0.25, -0.2) is 0 Å². The zero-order chi connectivity index (χ0) is 7.56. The van der Waals surface area contributed by atoms with Crippen molar-refractivity contribution < 1.29 is 0 Å². The van der Waals surface area contributed by atoms with Crippen LogP contribution >= 0.6 is 23.1 Å². The molecule has 0 unspecified atom stereocenters. The van der Waals surface area contributed by atoms with Crippen molar-refractivity contribution in [2.75, 3.05) is 5.75 Å². The number of hydrogen-bond acceptors (Lipinski definition) is 2. The van der Waals surface area contributed by atoms with Gasteiger partial charge < -0.3 is 0 Å². The van der Waals surface area contributed by atoms with E-state index in [1.807, 2.05) is 23.1 Å². The Hall–Kier alpha value is 0.0500. The topological polar surface area (TPSA) is 0 Å². The zero-order valence-electron chi connectivity index (χ0n) is 6.60. The molecule has 56 valence electrons. The number of aryl methyl sites for hydroxylation is 1. The number of hydrogen-bond donors (Lipinski definition) is 0. The normalized spacial score (nSPS) is 10.3. The van der Waals surface area contributed by atoms with Crippen LogP contribution < -0.4 is 0 Å². The van der Waals surface area contributed by atoms with Crippen LogP contribution in [-0.2, 0) is 0 Å². The first kappa shape index (κ1) is 8.15. The molecule has 1 aromatic heterocycles. The summed E-state index contributed by atoms with van der Waals surface area (Å²) < 4.78 is 1.49. The highest BCUT2D eigenvalue weighted by atomic mass is 32.2. The molecule has 0 aliphatic heterocycles. The van der Waals surface area contributed by atoms with Gasteiger partial charge in [0.15, 0.2) is 0 Å². The molecular weight excluding hydrogens is 160 g/mol. The number of thiophene rings is 1. The largest absolute Gasteiger partial charge is 0.137 e. The third-order valence-corrected chi connectivity index (χ3v) is 4.01. The molecular formula is C8H12S2. The van der Waals surface area contributed by atoms with Crippen molar-refractivity contribution in [3.05, 3.63) is 16.5 Å². The highest BCUT2D eigenvalue weighted by Gasteiger charge is 2.01. The molecule has 0 bridgehead atoms. The summed E-state index contributed by atoms with van der Waals surface area (Å²) in [7, 11) is 0. The van der Waals surface area contributed by atoms with Gasteiger partial charge in [0.1, 0.15) is 0 Å². The molecule has 10 heavy (non-hydrogen) atoms. The Bertz CT molecular complexity index is 213. The molecule has 0 saturated heterocycles. The summed E-state index contributed by atoms with van der Waals surface area (Å²) in [5.41, 5.74) is 2.90. The first-order valence-electron chi connectivity index (χ1n) is 3.43. The van der Waals surface area contributed by atoms with Crippen LogP contribution in [-0.4, -0.2) is 5.75 Å². The molecule has 0 atom stereocenters. The average molecular weight is 172 g/mol. The van der Waals surface area contributed by atoms with Gasteiger partial charge in [-0.05, 0) is 36.1 Å². The minimum Gasteiger partial charge on any atom is -0.137 e. The molecule has 0 aliphatic carbocycles. The summed E-state index contributed by atoms with van der Waals surface area (Å²) in [5.74, 6) is 1.18. The van der Waals surface area contributed by atoms with E-state index in [2.05, 4.69) is 26.2 Å². The third-order valence-electron chi connectivity index (χ3n) is 1.52. The predicted molar refractivity (Wildman–Crippen MR) is 50.2 cm³/mol. The maximum Gasteiger partial charge on any atom is 0.0630 e. The quantitative estimate of drug-likeness (QED) is 0.615. The molecule has 0 N–H and O–H groups in total. The Morgan fingerprint density at radius 3 is 2.60 bits per heavy atom. The van der Waals surface area contributed by atoms with Crippen LogP contribution in [0.5, 0.6) is 0 Å². The second-order valence-electron chi connectivity index (χ2n) is 2.26. The van der Waals surface area contributed by atoms with Gasteiger partial charge in [-0.3, -0.25) is 0 Å². The molecule has 1 heterocycles. The molecule has 1 rings (SSSR count). The maximum absolute atomic E-state index is 2.23. The second kappa shape index (κ2) is 3.44. The summed E-state index contributed by atoms with van der Waals surface area (Å²) in [6.45, 7) is 6.56. The number of rotatable bonds is 2. The monoisotopic (exact) mass is 172 g/mol. The Balaban J connectivity index is 2.83. The Morgan fingerprint density at radius 2 is 2.20 bits per heavy atom. The van der Waals surface area contributed by atoms with Gasteiger partial charge in [0.2, 0.25) is 0 Å². The van der Waals surface area contributed by atoms with Gasteiger partial charge in [0.25, 0.3) is 0 Å². The summed E-state index contributed by atoms with van der Waals surface area (Å²) in [6.07, 6.45) is 0. The lowest BCUT2D eigenvalue weighted by molar-refractivity contribution is 1.33. The molecule has 0 aliphatic rings. The van der Waals surface area contributed by atoms with Gasteiger partial charge in [-0.2, -0.15) is 0 Å². The van der Waals surface area contributed by atoms with Crippen LogP contribution in [0.25, 0.3) is 0 Å². The zero-order valence-corrected chi connectivity index (χ0v) is 8.23. The van der Waals surface area contributed by atoms with E-state index in [-0.39, 0.29) is 0 Å². The summed E-state index contributed by atoms with van der Waals surface area (Å²) >= 11 is 3.80. The van der Waals surface area contributed by atoms with E-state index < -0.39 is 0 Å². The van der Waals surface area contributed by atoms with E-state index in [1.54, 1.807) is 0 Å². The van der Waals surface area contributed by atoms with E-state index in [4.69, 9.17) is 0 Å². The van der Waals surface area contributed by atoms with E-state index in [0.29, 0.717) is 0 Å². The van der Waals surface area contributed by atoms with Gasteiger partial charge in [-0.1, -0.05) is 6.92 Å². The van der Waals surface area contributed by atoms with Crippen molar-refractivity contribution in [2.45, 2.75) is 25.0 Å². The average Bonchev–Trinajstić information content (AvgIpc) is 2.20. The molecule has 0 saturated carbocycles. The van der Waals surface area contributed by atoms with Crippen molar-refractivity contribution in [3.63, 3.8) is 0 Å². The van der Waals surface area contributed by atoms with Crippen LogP contribution in [0.3, 0.4) is 0 Å². The maximum atomic E-state index is 2.23.